The molecule has 82 valence electrons. The third kappa shape index (κ3) is 3.40. The summed E-state index contributed by atoms with van der Waals surface area (Å²) in [4.78, 5) is 7.88. The van der Waals surface area contributed by atoms with Gasteiger partial charge in [0.2, 0.25) is 5.28 Å². The van der Waals surface area contributed by atoms with Crippen molar-refractivity contribution in [1.82, 2.24) is 9.97 Å². The Morgan fingerprint density at radius 2 is 2.27 bits per heavy atom. The van der Waals surface area contributed by atoms with Gasteiger partial charge in [-0.3, -0.25) is 0 Å². The van der Waals surface area contributed by atoms with Crippen LogP contribution < -0.4 is 5.32 Å². The summed E-state index contributed by atoms with van der Waals surface area (Å²) in [5, 5.41) is 3.89. The topological polar surface area (TPSA) is 37.8 Å². The molecular formula is C9H11Cl2N3S. The van der Waals surface area contributed by atoms with Crippen LogP contribution >= 0.6 is 35.0 Å². The first kappa shape index (κ1) is 11.3. The van der Waals surface area contributed by atoms with Crippen LogP contribution in [0.4, 0.5) is 5.82 Å². The van der Waals surface area contributed by atoms with Gasteiger partial charge in [-0.1, -0.05) is 11.6 Å². The van der Waals surface area contributed by atoms with Crippen molar-refractivity contribution in [2.45, 2.75) is 18.9 Å². The van der Waals surface area contributed by atoms with Gasteiger partial charge in [-0.2, -0.15) is 11.8 Å². The third-order valence-electron chi connectivity index (χ3n) is 2.18. The van der Waals surface area contributed by atoms with E-state index in [0.717, 1.165) is 5.75 Å². The van der Waals surface area contributed by atoms with Crippen molar-refractivity contribution in [1.29, 1.82) is 0 Å². The molecule has 1 aliphatic heterocycles. The molecule has 0 saturated carbocycles. The molecule has 2 heterocycles. The van der Waals surface area contributed by atoms with Crippen LogP contribution in [-0.2, 0) is 0 Å². The molecule has 1 N–H and O–H groups in total. The Hall–Kier alpha value is -0.190. The number of nitrogens with one attached hydrogen (secondary N) is 1. The molecule has 1 aliphatic rings. The van der Waals surface area contributed by atoms with E-state index < -0.39 is 0 Å². The minimum Gasteiger partial charge on any atom is -0.366 e. The van der Waals surface area contributed by atoms with Gasteiger partial charge in [0.25, 0.3) is 0 Å². The van der Waals surface area contributed by atoms with Gasteiger partial charge < -0.3 is 5.32 Å². The molecule has 1 aromatic rings. The fourth-order valence-electron chi connectivity index (χ4n) is 1.53. The molecule has 1 unspecified atom stereocenters. The lowest BCUT2D eigenvalue weighted by atomic mass is 10.2. The SMILES string of the molecule is Clc1cc(NC2CCCSC2)nc(Cl)n1. The zero-order chi connectivity index (χ0) is 10.7. The Balaban J connectivity index is 2.02. The summed E-state index contributed by atoms with van der Waals surface area (Å²) in [6.07, 6.45) is 2.42. The maximum Gasteiger partial charge on any atom is 0.225 e. The Labute approximate surface area is 103 Å². The molecule has 0 radical (unpaired) electrons. The highest BCUT2D eigenvalue weighted by atomic mass is 35.5. The largest absolute Gasteiger partial charge is 0.366 e. The van der Waals surface area contributed by atoms with Gasteiger partial charge in [-0.15, -0.1) is 0 Å². The Morgan fingerprint density at radius 1 is 1.40 bits per heavy atom. The summed E-state index contributed by atoms with van der Waals surface area (Å²) < 4.78 is 0. The molecule has 1 saturated heterocycles. The average molecular weight is 264 g/mol. The molecule has 15 heavy (non-hydrogen) atoms. The Bertz CT molecular complexity index is 322. The maximum atomic E-state index is 5.79. The van der Waals surface area contributed by atoms with Crippen molar-refractivity contribution in [2.75, 3.05) is 16.8 Å². The molecule has 0 spiro atoms. The molecule has 0 amide bonds. The predicted molar refractivity (Wildman–Crippen MR) is 66.0 cm³/mol. The minimum atomic E-state index is 0.188. The molecule has 0 aromatic carbocycles. The van der Waals surface area contributed by atoms with E-state index in [1.54, 1.807) is 6.07 Å². The van der Waals surface area contributed by atoms with Crippen molar-refractivity contribution in [2.24, 2.45) is 0 Å². The maximum absolute atomic E-state index is 5.79. The van der Waals surface area contributed by atoms with E-state index in [4.69, 9.17) is 23.2 Å². The quantitative estimate of drug-likeness (QED) is 0.658. The van der Waals surface area contributed by atoms with E-state index in [9.17, 15) is 0 Å². The van der Waals surface area contributed by atoms with Crippen LogP contribution in [0.5, 0.6) is 0 Å². The second kappa shape index (κ2) is 5.23. The van der Waals surface area contributed by atoms with Crippen LogP contribution in [0.3, 0.4) is 0 Å². The van der Waals surface area contributed by atoms with E-state index in [0.29, 0.717) is 17.0 Å². The standard InChI is InChI=1S/C9H11Cl2N3S/c10-7-4-8(14-9(11)13-7)12-6-2-1-3-15-5-6/h4,6H,1-3,5H2,(H,12,13,14). The second-order valence-electron chi connectivity index (χ2n) is 3.40. The normalized spacial score (nSPS) is 21.3. The monoisotopic (exact) mass is 263 g/mol. The van der Waals surface area contributed by atoms with Gasteiger partial charge in [-0.25, -0.2) is 9.97 Å². The summed E-state index contributed by atoms with van der Waals surface area (Å²) in [6, 6.07) is 2.16. The second-order valence-corrected chi connectivity index (χ2v) is 5.28. The van der Waals surface area contributed by atoms with E-state index in [1.807, 2.05) is 11.8 Å². The van der Waals surface area contributed by atoms with Gasteiger partial charge in [0.05, 0.1) is 0 Å². The molecule has 3 nitrogen and oxygen atoms in total. The van der Waals surface area contributed by atoms with E-state index in [1.165, 1.54) is 18.6 Å². The Kier molecular flexibility index (Phi) is 3.94. The molecular weight excluding hydrogens is 253 g/mol. The lowest BCUT2D eigenvalue weighted by Gasteiger charge is -2.22. The van der Waals surface area contributed by atoms with Crippen LogP contribution in [0, 0.1) is 0 Å². The zero-order valence-electron chi connectivity index (χ0n) is 8.04. The highest BCUT2D eigenvalue weighted by molar-refractivity contribution is 7.99. The predicted octanol–water partition coefficient (Wildman–Crippen LogP) is 3.09. The summed E-state index contributed by atoms with van der Waals surface area (Å²) in [5.74, 6) is 3.08. The molecule has 2 rings (SSSR count). The minimum absolute atomic E-state index is 0.188. The molecule has 1 aromatic heterocycles. The summed E-state index contributed by atoms with van der Waals surface area (Å²) in [6.45, 7) is 0. The summed E-state index contributed by atoms with van der Waals surface area (Å²) >= 11 is 13.5. The molecule has 0 bridgehead atoms. The van der Waals surface area contributed by atoms with Crippen LogP contribution in [0.2, 0.25) is 10.4 Å². The Morgan fingerprint density at radius 3 is 2.93 bits per heavy atom. The fraction of sp³-hybridized carbons (Fsp3) is 0.556. The van der Waals surface area contributed by atoms with Crippen molar-refractivity contribution >= 4 is 40.8 Å². The number of rotatable bonds is 2. The number of thioether (sulfide) groups is 1. The number of nitrogens with zero attached hydrogens (tertiary/aromatic N) is 2. The smallest absolute Gasteiger partial charge is 0.225 e. The van der Waals surface area contributed by atoms with Crippen molar-refractivity contribution in [3.63, 3.8) is 0 Å². The number of hydrogen-bond donors (Lipinski definition) is 1. The number of anilines is 1. The van der Waals surface area contributed by atoms with Crippen molar-refractivity contribution in [3.05, 3.63) is 16.5 Å². The van der Waals surface area contributed by atoms with Gasteiger partial charge >= 0.3 is 0 Å². The van der Waals surface area contributed by atoms with E-state index in [-0.39, 0.29) is 5.28 Å². The fourth-order valence-corrected chi connectivity index (χ4v) is 3.01. The zero-order valence-corrected chi connectivity index (χ0v) is 10.4. The van der Waals surface area contributed by atoms with Crippen LogP contribution in [0.15, 0.2) is 6.07 Å². The van der Waals surface area contributed by atoms with Gasteiger partial charge in [0.1, 0.15) is 11.0 Å². The van der Waals surface area contributed by atoms with E-state index in [2.05, 4.69) is 15.3 Å². The van der Waals surface area contributed by atoms with Crippen LogP contribution in [-0.4, -0.2) is 27.5 Å². The number of hydrogen-bond acceptors (Lipinski definition) is 4. The molecule has 1 atom stereocenters. The van der Waals surface area contributed by atoms with Gasteiger partial charge in [-0.05, 0) is 30.2 Å². The molecule has 1 fully saturated rings. The average Bonchev–Trinajstić information content (AvgIpc) is 2.17. The molecule has 6 heteroatoms. The molecule has 0 aliphatic carbocycles. The lowest BCUT2D eigenvalue weighted by Crippen LogP contribution is -2.26. The first-order valence-corrected chi connectivity index (χ1v) is 6.69. The highest BCUT2D eigenvalue weighted by Crippen LogP contribution is 2.21. The van der Waals surface area contributed by atoms with E-state index >= 15 is 0 Å². The first-order chi connectivity index (χ1) is 7.24. The van der Waals surface area contributed by atoms with Gasteiger partial charge in [0.15, 0.2) is 0 Å². The first-order valence-electron chi connectivity index (χ1n) is 4.78. The summed E-state index contributed by atoms with van der Waals surface area (Å²) in [5.41, 5.74) is 0. The van der Waals surface area contributed by atoms with Crippen LogP contribution in [0.1, 0.15) is 12.8 Å². The summed E-state index contributed by atoms with van der Waals surface area (Å²) in [7, 11) is 0. The van der Waals surface area contributed by atoms with Crippen molar-refractivity contribution in [3.8, 4) is 0 Å². The lowest BCUT2D eigenvalue weighted by molar-refractivity contribution is 0.682. The third-order valence-corrected chi connectivity index (χ3v) is 3.76. The van der Waals surface area contributed by atoms with Crippen LogP contribution in [0.25, 0.3) is 0 Å². The number of aromatic nitrogens is 2. The van der Waals surface area contributed by atoms with Gasteiger partial charge in [0, 0.05) is 17.9 Å². The van der Waals surface area contributed by atoms with Crippen molar-refractivity contribution < 1.29 is 0 Å². The number of halogens is 2. The highest BCUT2D eigenvalue weighted by Gasteiger charge is 2.14.